The van der Waals surface area contributed by atoms with E-state index in [0.29, 0.717) is 25.8 Å². The quantitative estimate of drug-likeness (QED) is 0.792. The van der Waals surface area contributed by atoms with E-state index in [4.69, 9.17) is 5.11 Å². The second-order valence-corrected chi connectivity index (χ2v) is 5.62. The molecule has 6 nitrogen and oxygen atoms in total. The van der Waals surface area contributed by atoms with Gasteiger partial charge < -0.3 is 10.4 Å². The van der Waals surface area contributed by atoms with Crippen molar-refractivity contribution in [3.63, 3.8) is 0 Å². The van der Waals surface area contributed by atoms with Crippen molar-refractivity contribution in [2.24, 2.45) is 5.41 Å². The SMILES string of the molecule is O=C(O)C1(C(=O)NCCc2ccn(-c3ccc(F)cc3)n2)CC1. The third-order valence-corrected chi connectivity index (χ3v) is 4.00. The van der Waals surface area contributed by atoms with Crippen LogP contribution in [0, 0.1) is 11.2 Å². The summed E-state index contributed by atoms with van der Waals surface area (Å²) in [6.45, 7) is 0.328. The number of hydrogen-bond donors (Lipinski definition) is 2. The summed E-state index contributed by atoms with van der Waals surface area (Å²) in [4.78, 5) is 22.9. The smallest absolute Gasteiger partial charge is 0.319 e. The maximum Gasteiger partial charge on any atom is 0.319 e. The second-order valence-electron chi connectivity index (χ2n) is 5.62. The predicted molar refractivity (Wildman–Crippen MR) is 79.5 cm³/mol. The zero-order valence-electron chi connectivity index (χ0n) is 12.3. The molecule has 1 heterocycles. The molecule has 0 atom stereocenters. The molecular weight excluding hydrogens is 301 g/mol. The van der Waals surface area contributed by atoms with Gasteiger partial charge in [-0.25, -0.2) is 9.07 Å². The standard InChI is InChI=1S/C16H16FN3O3/c17-11-1-3-13(4-2-11)20-10-6-12(19-20)5-9-18-14(21)16(7-8-16)15(22)23/h1-4,6,10H,5,7-9H2,(H,18,21)(H,22,23). The number of rotatable bonds is 6. The molecule has 1 aliphatic carbocycles. The van der Waals surface area contributed by atoms with Gasteiger partial charge in [-0.15, -0.1) is 0 Å². The zero-order valence-corrected chi connectivity index (χ0v) is 12.3. The molecule has 0 unspecified atom stereocenters. The van der Waals surface area contributed by atoms with Gasteiger partial charge in [-0.3, -0.25) is 9.59 Å². The van der Waals surface area contributed by atoms with Crippen LogP contribution in [0.15, 0.2) is 36.5 Å². The van der Waals surface area contributed by atoms with Crippen molar-refractivity contribution in [1.82, 2.24) is 15.1 Å². The summed E-state index contributed by atoms with van der Waals surface area (Å²) in [5, 5.41) is 16.0. The molecule has 0 saturated heterocycles. The molecule has 23 heavy (non-hydrogen) atoms. The zero-order chi connectivity index (χ0) is 16.4. The number of aromatic nitrogens is 2. The highest BCUT2D eigenvalue weighted by Gasteiger charge is 2.56. The topological polar surface area (TPSA) is 84.2 Å². The Balaban J connectivity index is 1.55. The number of hydrogen-bond acceptors (Lipinski definition) is 3. The first-order chi connectivity index (χ1) is 11.0. The molecule has 2 aromatic rings. The molecule has 1 saturated carbocycles. The van der Waals surface area contributed by atoms with E-state index in [-0.39, 0.29) is 5.82 Å². The van der Waals surface area contributed by atoms with Crippen LogP contribution in [0.4, 0.5) is 4.39 Å². The third kappa shape index (κ3) is 3.08. The van der Waals surface area contributed by atoms with Gasteiger partial charge in [0, 0.05) is 19.2 Å². The fraction of sp³-hybridized carbons (Fsp3) is 0.312. The fourth-order valence-corrected chi connectivity index (χ4v) is 2.37. The number of carboxylic acids is 1. The lowest BCUT2D eigenvalue weighted by Crippen LogP contribution is -2.38. The average molecular weight is 317 g/mol. The van der Waals surface area contributed by atoms with Gasteiger partial charge >= 0.3 is 5.97 Å². The highest BCUT2D eigenvalue weighted by atomic mass is 19.1. The van der Waals surface area contributed by atoms with Crippen LogP contribution in [0.1, 0.15) is 18.5 Å². The van der Waals surface area contributed by atoms with Crippen molar-refractivity contribution >= 4 is 11.9 Å². The van der Waals surface area contributed by atoms with Crippen LogP contribution in [0.5, 0.6) is 0 Å². The molecule has 1 aromatic heterocycles. The van der Waals surface area contributed by atoms with Crippen molar-refractivity contribution in [1.29, 1.82) is 0 Å². The summed E-state index contributed by atoms with van der Waals surface area (Å²) in [5.41, 5.74) is 0.285. The van der Waals surface area contributed by atoms with E-state index in [1.165, 1.54) is 12.1 Å². The first-order valence-corrected chi connectivity index (χ1v) is 7.33. The third-order valence-electron chi connectivity index (χ3n) is 4.00. The van der Waals surface area contributed by atoms with Gasteiger partial charge in [0.05, 0.1) is 11.4 Å². The number of amides is 1. The summed E-state index contributed by atoms with van der Waals surface area (Å²) in [6.07, 6.45) is 3.04. The number of aliphatic carboxylic acids is 1. The molecule has 1 aliphatic rings. The summed E-state index contributed by atoms with van der Waals surface area (Å²) >= 11 is 0. The number of carbonyl (C=O) groups excluding carboxylic acids is 1. The molecule has 120 valence electrons. The van der Waals surface area contributed by atoms with Crippen molar-refractivity contribution in [3.8, 4) is 5.69 Å². The Bertz CT molecular complexity index is 735. The normalized spacial score (nSPS) is 15.2. The van der Waals surface area contributed by atoms with Crippen LogP contribution in [-0.4, -0.2) is 33.3 Å². The highest BCUT2D eigenvalue weighted by molar-refractivity contribution is 6.04. The molecule has 1 amide bonds. The number of carboxylic acid groups (broad SMARTS) is 1. The number of carbonyl (C=O) groups is 2. The predicted octanol–water partition coefficient (Wildman–Crippen LogP) is 1.53. The van der Waals surface area contributed by atoms with Crippen molar-refractivity contribution in [3.05, 3.63) is 48.0 Å². The number of nitrogens with one attached hydrogen (secondary N) is 1. The van der Waals surface area contributed by atoms with Gasteiger partial charge in [0.15, 0.2) is 0 Å². The van der Waals surface area contributed by atoms with E-state index in [1.54, 1.807) is 29.1 Å². The number of halogens is 1. The van der Waals surface area contributed by atoms with Crippen LogP contribution >= 0.6 is 0 Å². The Labute approximate surface area is 131 Å². The van der Waals surface area contributed by atoms with Gasteiger partial charge in [-0.05, 0) is 43.2 Å². The summed E-state index contributed by atoms with van der Waals surface area (Å²) in [6, 6.07) is 7.77. The molecule has 0 bridgehead atoms. The first-order valence-electron chi connectivity index (χ1n) is 7.33. The maximum atomic E-state index is 12.9. The summed E-state index contributed by atoms with van der Waals surface area (Å²) < 4.78 is 14.5. The minimum absolute atomic E-state index is 0.309. The molecule has 2 N–H and O–H groups in total. The van der Waals surface area contributed by atoms with E-state index < -0.39 is 17.3 Å². The maximum absolute atomic E-state index is 12.9. The Kier molecular flexibility index (Phi) is 3.85. The lowest BCUT2D eigenvalue weighted by molar-refractivity contribution is -0.149. The van der Waals surface area contributed by atoms with E-state index in [9.17, 15) is 14.0 Å². The second kappa shape index (κ2) is 5.83. The van der Waals surface area contributed by atoms with Crippen molar-refractivity contribution < 1.29 is 19.1 Å². The van der Waals surface area contributed by atoms with Crippen LogP contribution in [-0.2, 0) is 16.0 Å². The number of nitrogens with zero attached hydrogens (tertiary/aromatic N) is 2. The van der Waals surface area contributed by atoms with Crippen molar-refractivity contribution in [2.45, 2.75) is 19.3 Å². The molecular formula is C16H16FN3O3. The Morgan fingerprint density at radius 3 is 2.57 bits per heavy atom. The van der Waals surface area contributed by atoms with Gasteiger partial charge in [0.25, 0.3) is 0 Å². The van der Waals surface area contributed by atoms with Crippen molar-refractivity contribution in [2.75, 3.05) is 6.54 Å². The average Bonchev–Trinajstić information content (AvgIpc) is 3.22. The van der Waals surface area contributed by atoms with Gasteiger partial charge in [-0.1, -0.05) is 0 Å². The molecule has 0 radical (unpaired) electrons. The van der Waals surface area contributed by atoms with Crippen LogP contribution in [0.2, 0.25) is 0 Å². The highest BCUT2D eigenvalue weighted by Crippen LogP contribution is 2.45. The van der Waals surface area contributed by atoms with Crippen LogP contribution < -0.4 is 5.32 Å². The molecule has 7 heteroatoms. The minimum atomic E-state index is -1.21. The Hall–Kier alpha value is -2.70. The van der Waals surface area contributed by atoms with Crippen LogP contribution in [0.3, 0.4) is 0 Å². The lowest BCUT2D eigenvalue weighted by Gasteiger charge is -2.09. The number of benzene rings is 1. The van der Waals surface area contributed by atoms with E-state index >= 15 is 0 Å². The molecule has 0 spiro atoms. The van der Waals surface area contributed by atoms with Gasteiger partial charge in [-0.2, -0.15) is 5.10 Å². The van der Waals surface area contributed by atoms with Crippen LogP contribution in [0.25, 0.3) is 5.69 Å². The Morgan fingerprint density at radius 2 is 1.96 bits per heavy atom. The molecule has 1 fully saturated rings. The fourth-order valence-electron chi connectivity index (χ4n) is 2.37. The summed E-state index contributed by atoms with van der Waals surface area (Å²) in [7, 11) is 0. The minimum Gasteiger partial charge on any atom is -0.480 e. The van der Waals surface area contributed by atoms with E-state index in [0.717, 1.165) is 11.4 Å². The molecule has 0 aliphatic heterocycles. The van der Waals surface area contributed by atoms with E-state index in [2.05, 4.69) is 10.4 Å². The molecule has 1 aromatic carbocycles. The largest absolute Gasteiger partial charge is 0.480 e. The van der Waals surface area contributed by atoms with E-state index in [1.807, 2.05) is 0 Å². The van der Waals surface area contributed by atoms with Gasteiger partial charge in [0.1, 0.15) is 11.2 Å². The summed E-state index contributed by atoms with van der Waals surface area (Å²) in [5.74, 6) is -1.80. The molecule has 3 rings (SSSR count). The monoisotopic (exact) mass is 317 g/mol. The lowest BCUT2D eigenvalue weighted by atomic mass is 10.1. The van der Waals surface area contributed by atoms with Gasteiger partial charge in [0.2, 0.25) is 5.91 Å². The Morgan fingerprint density at radius 1 is 1.26 bits per heavy atom. The first kappa shape index (κ1) is 15.2.